The number of carbonyl (C=O) groups is 2. The minimum absolute atomic E-state index is 0.163. The van der Waals surface area contributed by atoms with Gasteiger partial charge in [0.1, 0.15) is 12.3 Å². The number of amides is 1. The van der Waals surface area contributed by atoms with Crippen molar-refractivity contribution < 1.29 is 33.3 Å². The monoisotopic (exact) mass is 531 g/mol. The molecular weight excluding hydrogens is 486 g/mol. The third-order valence-corrected chi connectivity index (χ3v) is 6.77. The van der Waals surface area contributed by atoms with Crippen LogP contribution in [0.2, 0.25) is 0 Å². The largest absolute Gasteiger partial charge is 0.463 e. The van der Waals surface area contributed by atoms with Gasteiger partial charge in [-0.25, -0.2) is 9.59 Å². The van der Waals surface area contributed by atoms with Gasteiger partial charge in [0.2, 0.25) is 0 Å². The molecule has 2 aliphatic rings. The number of hydrogen-bond donors (Lipinski definition) is 0. The van der Waals surface area contributed by atoms with Gasteiger partial charge in [0.05, 0.1) is 25.4 Å². The van der Waals surface area contributed by atoms with E-state index in [-0.39, 0.29) is 31.5 Å². The van der Waals surface area contributed by atoms with E-state index in [0.29, 0.717) is 37.4 Å². The summed E-state index contributed by atoms with van der Waals surface area (Å²) in [6.45, 7) is 11.4. The lowest BCUT2D eigenvalue weighted by molar-refractivity contribution is -0.162. The molecule has 212 valence electrons. The van der Waals surface area contributed by atoms with Crippen molar-refractivity contribution in [2.45, 2.75) is 104 Å². The first-order chi connectivity index (χ1) is 18.2. The second kappa shape index (κ2) is 14.7. The zero-order valence-electron chi connectivity index (χ0n) is 23.6. The lowest BCUT2D eigenvalue weighted by Gasteiger charge is -2.33. The fourth-order valence-electron chi connectivity index (χ4n) is 5.02. The highest BCUT2D eigenvalue weighted by Crippen LogP contribution is 2.37. The van der Waals surface area contributed by atoms with Crippen LogP contribution < -0.4 is 0 Å². The molecule has 0 radical (unpaired) electrons. The summed E-state index contributed by atoms with van der Waals surface area (Å²) >= 11 is 0. The highest BCUT2D eigenvalue weighted by molar-refractivity contribution is 5.88. The minimum Gasteiger partial charge on any atom is -0.463 e. The molecule has 2 aliphatic heterocycles. The molecule has 1 amide bonds. The van der Waals surface area contributed by atoms with Crippen LogP contribution in [0, 0.1) is 5.92 Å². The van der Waals surface area contributed by atoms with E-state index in [1.807, 2.05) is 50.3 Å². The van der Waals surface area contributed by atoms with E-state index < -0.39 is 17.9 Å². The standard InChI is InChI=1S/C30H45NO7/c1-6-34-28(32)24(15-12-18-36-27-16-10-11-17-35-27)20-26-25(19-22(2)3)31(30(4,5)38-26)29(33)37-21-23-13-8-7-9-14-23/h7-9,13-14,20,22,25-27H,6,10-12,15-19,21H2,1-5H3/t25-,26-,27?/m0/s1. The van der Waals surface area contributed by atoms with E-state index in [9.17, 15) is 9.59 Å². The number of hydrogen-bond acceptors (Lipinski definition) is 7. The molecule has 0 aliphatic carbocycles. The van der Waals surface area contributed by atoms with Crippen LogP contribution in [0.25, 0.3) is 0 Å². The molecule has 0 aromatic heterocycles. The molecule has 0 spiro atoms. The summed E-state index contributed by atoms with van der Waals surface area (Å²) in [5.74, 6) is -0.0658. The second-order valence-electron chi connectivity index (χ2n) is 10.8. The van der Waals surface area contributed by atoms with Crippen molar-refractivity contribution in [2.24, 2.45) is 5.92 Å². The minimum atomic E-state index is -0.907. The summed E-state index contributed by atoms with van der Waals surface area (Å²) in [4.78, 5) is 27.9. The summed E-state index contributed by atoms with van der Waals surface area (Å²) in [5.41, 5.74) is 0.547. The zero-order chi connectivity index (χ0) is 27.5. The molecule has 2 saturated heterocycles. The van der Waals surface area contributed by atoms with Crippen LogP contribution >= 0.6 is 0 Å². The molecule has 3 atom stereocenters. The van der Waals surface area contributed by atoms with Gasteiger partial charge in [-0.05, 0) is 76.9 Å². The Bertz CT molecular complexity index is 908. The first kappa shape index (κ1) is 30.1. The summed E-state index contributed by atoms with van der Waals surface area (Å²) in [7, 11) is 0. The zero-order valence-corrected chi connectivity index (χ0v) is 23.6. The molecule has 1 aromatic carbocycles. The van der Waals surface area contributed by atoms with Crippen molar-refractivity contribution >= 4 is 12.1 Å². The Morgan fingerprint density at radius 1 is 1.16 bits per heavy atom. The molecule has 1 unspecified atom stereocenters. The maximum absolute atomic E-state index is 13.3. The van der Waals surface area contributed by atoms with Crippen LogP contribution in [0.3, 0.4) is 0 Å². The molecule has 1 aromatic rings. The van der Waals surface area contributed by atoms with Crippen LogP contribution in [0.4, 0.5) is 4.79 Å². The van der Waals surface area contributed by atoms with Crippen molar-refractivity contribution in [1.82, 2.24) is 4.90 Å². The van der Waals surface area contributed by atoms with Gasteiger partial charge in [0.15, 0.2) is 6.29 Å². The van der Waals surface area contributed by atoms with E-state index >= 15 is 0 Å². The lowest BCUT2D eigenvalue weighted by atomic mass is 9.96. The summed E-state index contributed by atoms with van der Waals surface area (Å²) in [6, 6.07) is 9.31. The van der Waals surface area contributed by atoms with Crippen LogP contribution in [0.15, 0.2) is 42.0 Å². The third-order valence-electron chi connectivity index (χ3n) is 6.77. The maximum Gasteiger partial charge on any atom is 0.412 e. The maximum atomic E-state index is 13.3. The van der Waals surface area contributed by atoms with Crippen molar-refractivity contribution in [3.8, 4) is 0 Å². The Balaban J connectivity index is 1.73. The van der Waals surface area contributed by atoms with Gasteiger partial charge < -0.3 is 23.7 Å². The van der Waals surface area contributed by atoms with Crippen LogP contribution in [0.5, 0.6) is 0 Å². The number of carbonyl (C=O) groups excluding carboxylic acids is 2. The van der Waals surface area contributed by atoms with Gasteiger partial charge in [-0.2, -0.15) is 0 Å². The molecule has 38 heavy (non-hydrogen) atoms. The lowest BCUT2D eigenvalue weighted by Crippen LogP contribution is -2.48. The molecule has 0 N–H and O–H groups in total. The highest BCUT2D eigenvalue weighted by atomic mass is 16.7. The van der Waals surface area contributed by atoms with Gasteiger partial charge in [-0.1, -0.05) is 44.2 Å². The van der Waals surface area contributed by atoms with Gasteiger partial charge in [0.25, 0.3) is 0 Å². The van der Waals surface area contributed by atoms with Crippen LogP contribution in [-0.4, -0.2) is 60.9 Å². The first-order valence-electron chi connectivity index (χ1n) is 14.0. The average Bonchev–Trinajstić information content (AvgIpc) is 3.13. The first-order valence-corrected chi connectivity index (χ1v) is 14.0. The summed E-state index contributed by atoms with van der Waals surface area (Å²) < 4.78 is 29.0. The molecule has 3 rings (SSSR count). The van der Waals surface area contributed by atoms with E-state index in [1.165, 1.54) is 0 Å². The Morgan fingerprint density at radius 3 is 2.58 bits per heavy atom. The summed E-state index contributed by atoms with van der Waals surface area (Å²) in [5, 5.41) is 0. The topological polar surface area (TPSA) is 83.5 Å². The number of rotatable bonds is 12. The molecule has 2 fully saturated rings. The SMILES string of the molecule is CCOC(=O)C(=C[C@@H]1OC(C)(C)N(C(=O)OCc2ccccc2)[C@H]1CC(C)C)CCCOC1CCCCO1. The molecule has 0 saturated carbocycles. The molecular formula is C30H45NO7. The van der Waals surface area contributed by atoms with Crippen molar-refractivity contribution in [2.75, 3.05) is 19.8 Å². The number of ether oxygens (including phenoxy) is 5. The van der Waals surface area contributed by atoms with Gasteiger partial charge in [0, 0.05) is 12.2 Å². The fraction of sp³-hybridized carbons (Fsp3) is 0.667. The third kappa shape index (κ3) is 8.82. The Hall–Kier alpha value is -2.42. The molecule has 8 nitrogen and oxygen atoms in total. The van der Waals surface area contributed by atoms with E-state index in [0.717, 1.165) is 31.4 Å². The predicted octanol–water partition coefficient (Wildman–Crippen LogP) is 5.99. The number of esters is 1. The fourth-order valence-corrected chi connectivity index (χ4v) is 5.02. The van der Waals surface area contributed by atoms with Gasteiger partial charge >= 0.3 is 12.1 Å². The number of benzene rings is 1. The average molecular weight is 532 g/mol. The van der Waals surface area contributed by atoms with Gasteiger partial charge in [-0.3, -0.25) is 4.90 Å². The van der Waals surface area contributed by atoms with Crippen molar-refractivity contribution in [3.63, 3.8) is 0 Å². The van der Waals surface area contributed by atoms with Crippen LogP contribution in [0.1, 0.15) is 78.7 Å². The Labute approximate surface area is 227 Å². The molecule has 2 heterocycles. The molecule has 0 bridgehead atoms. The quantitative estimate of drug-likeness (QED) is 0.186. The molecule has 8 heteroatoms. The second-order valence-corrected chi connectivity index (χ2v) is 10.8. The Morgan fingerprint density at radius 2 is 1.92 bits per heavy atom. The normalized spacial score (nSPS) is 23.5. The van der Waals surface area contributed by atoms with E-state index in [4.69, 9.17) is 23.7 Å². The van der Waals surface area contributed by atoms with Gasteiger partial charge in [-0.15, -0.1) is 0 Å². The smallest absolute Gasteiger partial charge is 0.412 e. The van der Waals surface area contributed by atoms with E-state index in [2.05, 4.69) is 13.8 Å². The summed E-state index contributed by atoms with van der Waals surface area (Å²) in [6.07, 6.45) is 5.69. The van der Waals surface area contributed by atoms with E-state index in [1.54, 1.807) is 11.8 Å². The number of nitrogens with zero attached hydrogens (tertiary/aromatic N) is 1. The highest BCUT2D eigenvalue weighted by Gasteiger charge is 2.50. The van der Waals surface area contributed by atoms with Crippen molar-refractivity contribution in [3.05, 3.63) is 47.5 Å². The predicted molar refractivity (Wildman–Crippen MR) is 144 cm³/mol. The van der Waals surface area contributed by atoms with Crippen molar-refractivity contribution in [1.29, 1.82) is 0 Å². The van der Waals surface area contributed by atoms with Crippen LogP contribution in [-0.2, 0) is 35.1 Å². The Kier molecular flexibility index (Phi) is 11.6.